The van der Waals surface area contributed by atoms with Crippen LogP contribution in [-0.4, -0.2) is 49.7 Å². The largest absolute Gasteiger partial charge is 0.493 e. The van der Waals surface area contributed by atoms with E-state index in [9.17, 15) is 9.59 Å². The zero-order chi connectivity index (χ0) is 23.5. The van der Waals surface area contributed by atoms with Gasteiger partial charge in [-0.15, -0.1) is 0 Å². The number of fused-ring (bicyclic) bond motifs is 1. The highest BCUT2D eigenvalue weighted by Crippen LogP contribution is 2.38. The third-order valence-corrected chi connectivity index (χ3v) is 5.65. The first-order valence-electron chi connectivity index (χ1n) is 10.5. The maximum atomic E-state index is 13.1. The number of nitrogens with zero attached hydrogens (tertiary/aromatic N) is 1. The molecule has 2 N–H and O–H groups in total. The molecule has 0 saturated heterocycles. The lowest BCUT2D eigenvalue weighted by Gasteiger charge is -2.39. The van der Waals surface area contributed by atoms with Crippen molar-refractivity contribution in [2.75, 3.05) is 27.3 Å². The molecule has 172 valence electrons. The number of amides is 3. The molecule has 3 amide bonds. The molecule has 0 radical (unpaired) electrons. The number of methoxy groups -OCH3 is 2. The first kappa shape index (κ1) is 23.7. The Morgan fingerprint density at radius 2 is 1.78 bits per heavy atom. The molecule has 3 rings (SSSR count). The molecular formula is C24H30ClN3O4. The van der Waals surface area contributed by atoms with Crippen LogP contribution in [0.3, 0.4) is 0 Å². The van der Waals surface area contributed by atoms with Crippen LogP contribution < -0.4 is 20.1 Å². The quantitative estimate of drug-likeness (QED) is 0.702. The SMILES string of the molecule is COc1cc2c(cc1OC)[C@H](CNC(=O)c1ccccc1Cl)N(C(=O)NC(C)(C)C)CC2. The number of urea groups is 1. The third kappa shape index (κ3) is 5.27. The highest BCUT2D eigenvalue weighted by molar-refractivity contribution is 6.33. The number of benzene rings is 2. The van der Waals surface area contributed by atoms with Crippen molar-refractivity contribution >= 4 is 23.5 Å². The Kier molecular flexibility index (Phi) is 7.19. The summed E-state index contributed by atoms with van der Waals surface area (Å²) in [6, 6.07) is 10.1. The summed E-state index contributed by atoms with van der Waals surface area (Å²) in [6.45, 7) is 6.54. The molecule has 1 aliphatic rings. The minimum atomic E-state index is -0.389. The lowest BCUT2D eigenvalue weighted by Crippen LogP contribution is -2.53. The second kappa shape index (κ2) is 9.69. The van der Waals surface area contributed by atoms with Gasteiger partial charge in [0.2, 0.25) is 0 Å². The Morgan fingerprint density at radius 3 is 2.41 bits per heavy atom. The van der Waals surface area contributed by atoms with Crippen molar-refractivity contribution in [2.24, 2.45) is 0 Å². The molecule has 0 fully saturated rings. The molecule has 2 aromatic carbocycles. The summed E-state index contributed by atoms with van der Waals surface area (Å²) in [5.41, 5.74) is 1.97. The monoisotopic (exact) mass is 459 g/mol. The van der Waals surface area contributed by atoms with Gasteiger partial charge in [0.25, 0.3) is 5.91 Å². The van der Waals surface area contributed by atoms with Crippen LogP contribution in [0.1, 0.15) is 48.3 Å². The molecule has 0 saturated carbocycles. The minimum Gasteiger partial charge on any atom is -0.493 e. The van der Waals surface area contributed by atoms with E-state index in [1.807, 2.05) is 32.9 Å². The van der Waals surface area contributed by atoms with E-state index in [0.29, 0.717) is 35.1 Å². The van der Waals surface area contributed by atoms with E-state index < -0.39 is 0 Å². The summed E-state index contributed by atoms with van der Waals surface area (Å²) in [5, 5.41) is 6.35. The fourth-order valence-electron chi connectivity index (χ4n) is 3.81. The van der Waals surface area contributed by atoms with Crippen molar-refractivity contribution in [3.05, 3.63) is 58.1 Å². The second-order valence-electron chi connectivity index (χ2n) is 8.74. The zero-order valence-electron chi connectivity index (χ0n) is 19.1. The van der Waals surface area contributed by atoms with Crippen LogP contribution in [0.4, 0.5) is 4.79 Å². The molecule has 1 aliphatic heterocycles. The fraction of sp³-hybridized carbons (Fsp3) is 0.417. The number of carbonyl (C=O) groups excluding carboxylic acids is 2. The van der Waals surface area contributed by atoms with Gasteiger partial charge in [0.1, 0.15) is 0 Å². The molecule has 0 spiro atoms. The smallest absolute Gasteiger partial charge is 0.318 e. The fourth-order valence-corrected chi connectivity index (χ4v) is 4.04. The minimum absolute atomic E-state index is 0.185. The summed E-state index contributed by atoms with van der Waals surface area (Å²) in [6.07, 6.45) is 0.669. The molecule has 0 bridgehead atoms. The van der Waals surface area contributed by atoms with Crippen molar-refractivity contribution in [2.45, 2.75) is 38.8 Å². The van der Waals surface area contributed by atoms with Crippen LogP contribution in [0.5, 0.6) is 11.5 Å². The molecule has 0 unspecified atom stereocenters. The van der Waals surface area contributed by atoms with Gasteiger partial charge in [-0.3, -0.25) is 4.79 Å². The van der Waals surface area contributed by atoms with Crippen LogP contribution in [0.2, 0.25) is 5.02 Å². The Balaban J connectivity index is 1.93. The van der Waals surface area contributed by atoms with Crippen LogP contribution in [-0.2, 0) is 6.42 Å². The normalized spacial score (nSPS) is 15.6. The summed E-state index contributed by atoms with van der Waals surface area (Å²) in [5.74, 6) is 0.920. The lowest BCUT2D eigenvalue weighted by atomic mass is 9.91. The Morgan fingerprint density at radius 1 is 1.12 bits per heavy atom. The number of rotatable bonds is 5. The van der Waals surface area contributed by atoms with Gasteiger partial charge in [-0.1, -0.05) is 23.7 Å². The number of hydrogen-bond acceptors (Lipinski definition) is 4. The van der Waals surface area contributed by atoms with E-state index in [4.69, 9.17) is 21.1 Å². The topological polar surface area (TPSA) is 79.9 Å². The van der Waals surface area contributed by atoms with Crippen molar-refractivity contribution in [1.82, 2.24) is 15.5 Å². The average Bonchev–Trinajstić information content (AvgIpc) is 2.75. The molecule has 8 heteroatoms. The Hall–Kier alpha value is -2.93. The van der Waals surface area contributed by atoms with Crippen LogP contribution in [0.15, 0.2) is 36.4 Å². The van der Waals surface area contributed by atoms with Gasteiger partial charge in [0.15, 0.2) is 11.5 Å². The van der Waals surface area contributed by atoms with Crippen LogP contribution in [0, 0.1) is 0 Å². The van der Waals surface area contributed by atoms with E-state index in [1.165, 1.54) is 0 Å². The van der Waals surface area contributed by atoms with Crippen molar-refractivity contribution < 1.29 is 19.1 Å². The number of hydrogen-bond donors (Lipinski definition) is 2. The summed E-state index contributed by atoms with van der Waals surface area (Å²) >= 11 is 6.18. The van der Waals surface area contributed by atoms with E-state index in [2.05, 4.69) is 10.6 Å². The van der Waals surface area contributed by atoms with Crippen molar-refractivity contribution in [3.8, 4) is 11.5 Å². The highest BCUT2D eigenvalue weighted by atomic mass is 35.5. The molecule has 1 heterocycles. The molecule has 32 heavy (non-hydrogen) atoms. The molecule has 2 aromatic rings. The molecule has 1 atom stereocenters. The van der Waals surface area contributed by atoms with Gasteiger partial charge in [-0.25, -0.2) is 4.79 Å². The Labute approximate surface area is 194 Å². The Bertz CT molecular complexity index is 1000. The standard InChI is InChI=1S/C24H30ClN3O4/c1-24(2,3)27-23(30)28-11-10-15-12-20(31-4)21(32-5)13-17(15)19(28)14-26-22(29)16-8-6-7-9-18(16)25/h6-9,12-13,19H,10-11,14H2,1-5H3,(H,26,29)(H,27,30)/t19-/m0/s1. The molecule has 0 aliphatic carbocycles. The maximum absolute atomic E-state index is 13.1. The van der Waals surface area contributed by atoms with Gasteiger partial charge in [-0.05, 0) is 62.6 Å². The van der Waals surface area contributed by atoms with Crippen molar-refractivity contribution in [3.63, 3.8) is 0 Å². The predicted molar refractivity (Wildman–Crippen MR) is 125 cm³/mol. The van der Waals surface area contributed by atoms with Crippen LogP contribution in [0.25, 0.3) is 0 Å². The number of carbonyl (C=O) groups is 2. The maximum Gasteiger partial charge on any atom is 0.318 e. The van der Waals surface area contributed by atoms with E-state index >= 15 is 0 Å². The van der Waals surface area contributed by atoms with Crippen LogP contribution >= 0.6 is 11.6 Å². The van der Waals surface area contributed by atoms with Crippen molar-refractivity contribution in [1.29, 1.82) is 0 Å². The lowest BCUT2D eigenvalue weighted by molar-refractivity contribution is 0.0933. The van der Waals surface area contributed by atoms with Gasteiger partial charge in [0, 0.05) is 18.6 Å². The summed E-state index contributed by atoms with van der Waals surface area (Å²) in [7, 11) is 3.17. The zero-order valence-corrected chi connectivity index (χ0v) is 19.9. The predicted octanol–water partition coefficient (Wildman–Crippen LogP) is 4.19. The molecule has 7 nitrogen and oxygen atoms in total. The molecule has 0 aromatic heterocycles. The van der Waals surface area contributed by atoms with Gasteiger partial charge in [-0.2, -0.15) is 0 Å². The molecular weight excluding hydrogens is 430 g/mol. The number of ether oxygens (including phenoxy) is 2. The highest BCUT2D eigenvalue weighted by Gasteiger charge is 2.34. The van der Waals surface area contributed by atoms with E-state index in [0.717, 1.165) is 11.1 Å². The van der Waals surface area contributed by atoms with Gasteiger partial charge < -0.3 is 25.0 Å². The third-order valence-electron chi connectivity index (χ3n) is 5.32. The average molecular weight is 460 g/mol. The van der Waals surface area contributed by atoms with Gasteiger partial charge in [0.05, 0.1) is 30.8 Å². The summed E-state index contributed by atoms with van der Waals surface area (Å²) < 4.78 is 10.9. The first-order chi connectivity index (χ1) is 15.1. The van der Waals surface area contributed by atoms with Gasteiger partial charge >= 0.3 is 6.03 Å². The van der Waals surface area contributed by atoms with E-state index in [-0.39, 0.29) is 30.1 Å². The van der Waals surface area contributed by atoms with E-state index in [1.54, 1.807) is 43.4 Å². The second-order valence-corrected chi connectivity index (χ2v) is 9.14. The number of nitrogens with one attached hydrogen (secondary N) is 2. The number of halogens is 1. The summed E-state index contributed by atoms with van der Waals surface area (Å²) in [4.78, 5) is 27.7. The first-order valence-corrected chi connectivity index (χ1v) is 10.9.